The Morgan fingerprint density at radius 2 is 2.41 bits per heavy atom. The van der Waals surface area contributed by atoms with Gasteiger partial charge in [-0.1, -0.05) is 0 Å². The number of anilines is 1. The first-order valence-corrected chi connectivity index (χ1v) is 5.50. The Labute approximate surface area is 99.3 Å². The summed E-state index contributed by atoms with van der Waals surface area (Å²) in [5.74, 6) is -0.810. The van der Waals surface area contributed by atoms with E-state index < -0.39 is 12.0 Å². The lowest BCUT2D eigenvalue weighted by atomic mass is 10.2. The summed E-state index contributed by atoms with van der Waals surface area (Å²) in [6.07, 6.45) is 1.51. The Morgan fingerprint density at radius 1 is 1.65 bits per heavy atom. The number of nitrogens with zero attached hydrogens (tertiary/aromatic N) is 3. The molecule has 0 bridgehead atoms. The molecule has 0 radical (unpaired) electrons. The van der Waals surface area contributed by atoms with Crippen molar-refractivity contribution in [2.24, 2.45) is 0 Å². The number of aliphatic carboxylic acids is 1. The Bertz CT molecular complexity index is 493. The van der Waals surface area contributed by atoms with Crippen molar-refractivity contribution >= 4 is 11.7 Å². The maximum absolute atomic E-state index is 11.1. The van der Waals surface area contributed by atoms with Crippen LogP contribution in [-0.2, 0) is 4.79 Å². The van der Waals surface area contributed by atoms with Crippen molar-refractivity contribution < 1.29 is 9.90 Å². The molecule has 2 rings (SSSR count). The van der Waals surface area contributed by atoms with E-state index in [-0.39, 0.29) is 0 Å². The van der Waals surface area contributed by atoms with E-state index in [4.69, 9.17) is 10.4 Å². The summed E-state index contributed by atoms with van der Waals surface area (Å²) in [6.45, 7) is 2.52. The van der Waals surface area contributed by atoms with E-state index in [9.17, 15) is 4.79 Å². The van der Waals surface area contributed by atoms with E-state index in [2.05, 4.69) is 4.98 Å². The van der Waals surface area contributed by atoms with Crippen LogP contribution in [0.25, 0.3) is 0 Å². The molecule has 1 aromatic rings. The summed E-state index contributed by atoms with van der Waals surface area (Å²) in [4.78, 5) is 17.0. The van der Waals surface area contributed by atoms with Crippen molar-refractivity contribution in [3.05, 3.63) is 23.5 Å². The van der Waals surface area contributed by atoms with Crippen molar-refractivity contribution in [2.75, 3.05) is 11.4 Å². The molecule has 1 atom stereocenters. The molecule has 88 valence electrons. The monoisotopic (exact) mass is 231 g/mol. The minimum absolute atomic E-state index is 0.330. The minimum Gasteiger partial charge on any atom is -0.480 e. The van der Waals surface area contributed by atoms with Crippen LogP contribution in [-0.4, -0.2) is 28.6 Å². The number of nitriles is 1. The van der Waals surface area contributed by atoms with Crippen LogP contribution in [0.3, 0.4) is 0 Å². The number of hydrogen-bond acceptors (Lipinski definition) is 4. The van der Waals surface area contributed by atoms with Crippen LogP contribution < -0.4 is 4.90 Å². The van der Waals surface area contributed by atoms with Crippen molar-refractivity contribution in [1.29, 1.82) is 5.26 Å². The van der Waals surface area contributed by atoms with Gasteiger partial charge >= 0.3 is 5.97 Å². The first-order valence-electron chi connectivity index (χ1n) is 5.50. The van der Waals surface area contributed by atoms with Crippen LogP contribution in [0, 0.1) is 18.3 Å². The SMILES string of the molecule is Cc1cc(N2CCCC2C(=O)O)cc(C#N)n1. The van der Waals surface area contributed by atoms with Gasteiger partial charge in [-0.25, -0.2) is 9.78 Å². The minimum atomic E-state index is -0.810. The van der Waals surface area contributed by atoms with Gasteiger partial charge in [-0.2, -0.15) is 5.26 Å². The lowest BCUT2D eigenvalue weighted by Gasteiger charge is -2.23. The number of rotatable bonds is 2. The molecule has 0 saturated carbocycles. The Hall–Kier alpha value is -2.09. The molecule has 5 heteroatoms. The van der Waals surface area contributed by atoms with Gasteiger partial charge in [0.1, 0.15) is 17.8 Å². The largest absolute Gasteiger partial charge is 0.480 e. The standard InChI is InChI=1S/C12H13N3O2/c1-8-5-10(6-9(7-13)14-8)15-4-2-3-11(15)12(16)17/h5-6,11H,2-4H2,1H3,(H,16,17). The summed E-state index contributed by atoms with van der Waals surface area (Å²) in [7, 11) is 0. The molecule has 1 aliphatic heterocycles. The third-order valence-corrected chi connectivity index (χ3v) is 2.92. The maximum atomic E-state index is 11.1. The second-order valence-electron chi connectivity index (χ2n) is 4.15. The van der Waals surface area contributed by atoms with Crippen molar-refractivity contribution in [3.8, 4) is 6.07 Å². The van der Waals surface area contributed by atoms with Crippen LogP contribution in [0.5, 0.6) is 0 Å². The zero-order chi connectivity index (χ0) is 12.4. The van der Waals surface area contributed by atoms with Gasteiger partial charge in [-0.3, -0.25) is 0 Å². The quantitative estimate of drug-likeness (QED) is 0.830. The normalized spacial score (nSPS) is 19.1. The van der Waals surface area contributed by atoms with Crippen LogP contribution in [0.4, 0.5) is 5.69 Å². The Balaban J connectivity index is 2.37. The van der Waals surface area contributed by atoms with E-state index in [0.29, 0.717) is 18.7 Å². The van der Waals surface area contributed by atoms with Gasteiger partial charge < -0.3 is 10.0 Å². The summed E-state index contributed by atoms with van der Waals surface area (Å²) in [5.41, 5.74) is 1.84. The van der Waals surface area contributed by atoms with Gasteiger partial charge in [0, 0.05) is 17.9 Å². The maximum Gasteiger partial charge on any atom is 0.326 e. The van der Waals surface area contributed by atoms with E-state index in [1.165, 1.54) is 0 Å². The summed E-state index contributed by atoms with van der Waals surface area (Å²) in [6, 6.07) is 4.98. The summed E-state index contributed by atoms with van der Waals surface area (Å²) < 4.78 is 0. The van der Waals surface area contributed by atoms with Crippen LogP contribution in [0.1, 0.15) is 24.2 Å². The molecule has 0 aromatic carbocycles. The fourth-order valence-corrected chi connectivity index (χ4v) is 2.21. The molecule has 1 unspecified atom stereocenters. The number of carboxylic acid groups (broad SMARTS) is 1. The van der Waals surface area contributed by atoms with E-state index >= 15 is 0 Å². The van der Waals surface area contributed by atoms with Crippen LogP contribution >= 0.6 is 0 Å². The highest BCUT2D eigenvalue weighted by Gasteiger charge is 2.30. The van der Waals surface area contributed by atoms with Gasteiger partial charge in [0.25, 0.3) is 0 Å². The second kappa shape index (κ2) is 4.42. The molecule has 1 aliphatic rings. The predicted molar refractivity (Wildman–Crippen MR) is 61.7 cm³/mol. The summed E-state index contributed by atoms with van der Waals surface area (Å²) >= 11 is 0. The van der Waals surface area contributed by atoms with Gasteiger partial charge in [0.05, 0.1) is 0 Å². The highest BCUT2D eigenvalue weighted by atomic mass is 16.4. The molecular formula is C12H13N3O2. The molecule has 1 N–H and O–H groups in total. The second-order valence-corrected chi connectivity index (χ2v) is 4.15. The topological polar surface area (TPSA) is 77.2 Å². The summed E-state index contributed by atoms with van der Waals surface area (Å²) in [5, 5.41) is 18.0. The smallest absolute Gasteiger partial charge is 0.326 e. The van der Waals surface area contributed by atoms with E-state index in [1.54, 1.807) is 13.0 Å². The molecule has 2 heterocycles. The molecular weight excluding hydrogens is 218 g/mol. The van der Waals surface area contributed by atoms with Crippen molar-refractivity contribution in [1.82, 2.24) is 4.98 Å². The highest BCUT2D eigenvalue weighted by Crippen LogP contribution is 2.26. The molecule has 17 heavy (non-hydrogen) atoms. The third-order valence-electron chi connectivity index (χ3n) is 2.92. The third kappa shape index (κ3) is 2.21. The number of carboxylic acids is 1. The lowest BCUT2D eigenvalue weighted by Crippen LogP contribution is -2.36. The fourth-order valence-electron chi connectivity index (χ4n) is 2.21. The van der Waals surface area contributed by atoms with E-state index in [0.717, 1.165) is 17.8 Å². The van der Waals surface area contributed by atoms with Gasteiger partial charge in [-0.15, -0.1) is 0 Å². The molecule has 1 saturated heterocycles. The van der Waals surface area contributed by atoms with Crippen molar-refractivity contribution in [3.63, 3.8) is 0 Å². The lowest BCUT2D eigenvalue weighted by molar-refractivity contribution is -0.138. The number of aryl methyl sites for hydroxylation is 1. The van der Waals surface area contributed by atoms with Crippen LogP contribution in [0.15, 0.2) is 12.1 Å². The van der Waals surface area contributed by atoms with Gasteiger partial charge in [-0.05, 0) is 31.9 Å². The number of pyridine rings is 1. The van der Waals surface area contributed by atoms with Gasteiger partial charge in [0.2, 0.25) is 0 Å². The Morgan fingerprint density at radius 3 is 3.06 bits per heavy atom. The number of carbonyl (C=O) groups is 1. The number of hydrogen-bond donors (Lipinski definition) is 1. The highest BCUT2D eigenvalue weighted by molar-refractivity contribution is 5.79. The Kier molecular flexibility index (Phi) is 2.96. The van der Waals surface area contributed by atoms with Gasteiger partial charge in [0.15, 0.2) is 0 Å². The zero-order valence-electron chi connectivity index (χ0n) is 9.55. The molecule has 1 fully saturated rings. The fraction of sp³-hybridized carbons (Fsp3) is 0.417. The average Bonchev–Trinajstić information content (AvgIpc) is 2.77. The van der Waals surface area contributed by atoms with Crippen LogP contribution in [0.2, 0.25) is 0 Å². The zero-order valence-corrected chi connectivity index (χ0v) is 9.55. The molecule has 1 aromatic heterocycles. The number of aromatic nitrogens is 1. The molecule has 5 nitrogen and oxygen atoms in total. The average molecular weight is 231 g/mol. The molecule has 0 aliphatic carbocycles. The predicted octanol–water partition coefficient (Wildman–Crippen LogP) is 1.32. The first kappa shape index (κ1) is 11.4. The first-order chi connectivity index (χ1) is 8.11. The van der Waals surface area contributed by atoms with E-state index in [1.807, 2.05) is 17.0 Å². The van der Waals surface area contributed by atoms with Crippen molar-refractivity contribution in [2.45, 2.75) is 25.8 Å². The molecule has 0 spiro atoms. The molecule has 0 amide bonds.